The average Bonchev–Trinajstić information content (AvgIpc) is 3.05. The molecule has 1 aromatic carbocycles. The van der Waals surface area contributed by atoms with E-state index in [1.165, 1.54) is 13.5 Å². The summed E-state index contributed by atoms with van der Waals surface area (Å²) in [6.45, 7) is 7.73. The van der Waals surface area contributed by atoms with Gasteiger partial charge in [-0.1, -0.05) is 32.9 Å². The molecule has 2 atom stereocenters. The third-order valence-electron chi connectivity index (χ3n) is 4.43. The van der Waals surface area contributed by atoms with Gasteiger partial charge in [0.15, 0.2) is 11.6 Å². The van der Waals surface area contributed by atoms with Crippen molar-refractivity contribution in [2.24, 2.45) is 11.3 Å². The average molecular weight is 279 g/mol. The maximum Gasteiger partial charge on any atom is 0.168 e. The van der Waals surface area contributed by atoms with Gasteiger partial charge >= 0.3 is 0 Å². The van der Waals surface area contributed by atoms with Crippen molar-refractivity contribution in [3.05, 3.63) is 29.6 Å². The van der Waals surface area contributed by atoms with Crippen LogP contribution in [0, 0.1) is 17.2 Å². The number of hydrogen-bond donors (Lipinski definition) is 1. The highest BCUT2D eigenvalue weighted by atomic mass is 19.1. The molecule has 0 spiro atoms. The van der Waals surface area contributed by atoms with Crippen LogP contribution in [0.25, 0.3) is 0 Å². The Balaban J connectivity index is 2.11. The van der Waals surface area contributed by atoms with Crippen molar-refractivity contribution >= 4 is 0 Å². The SMILES string of the molecule is CCCNC(Cc1cccc(OC)c1F)C1CC1(C)C. The molecule has 0 saturated heterocycles. The number of hydrogen-bond acceptors (Lipinski definition) is 2. The number of halogens is 1. The van der Waals surface area contributed by atoms with Crippen LogP contribution < -0.4 is 10.1 Å². The van der Waals surface area contributed by atoms with E-state index < -0.39 is 0 Å². The maximum atomic E-state index is 14.3. The first-order chi connectivity index (χ1) is 9.49. The summed E-state index contributed by atoms with van der Waals surface area (Å²) in [4.78, 5) is 0. The highest BCUT2D eigenvalue weighted by molar-refractivity contribution is 5.32. The summed E-state index contributed by atoms with van der Waals surface area (Å²) in [7, 11) is 1.51. The second kappa shape index (κ2) is 6.13. The van der Waals surface area contributed by atoms with Crippen LogP contribution in [0.5, 0.6) is 5.75 Å². The van der Waals surface area contributed by atoms with E-state index in [4.69, 9.17) is 4.74 Å². The smallest absolute Gasteiger partial charge is 0.168 e. The summed E-state index contributed by atoms with van der Waals surface area (Å²) in [5.74, 6) is 0.767. The standard InChI is InChI=1S/C17H26FNO/c1-5-9-19-14(13-11-17(13,2)3)10-12-7-6-8-15(20-4)16(12)18/h6-8,13-14,19H,5,9-11H2,1-4H3. The third-order valence-corrected chi connectivity index (χ3v) is 4.43. The molecule has 3 heteroatoms. The Morgan fingerprint density at radius 2 is 2.15 bits per heavy atom. The molecule has 1 N–H and O–H groups in total. The van der Waals surface area contributed by atoms with Crippen LogP contribution in [0.4, 0.5) is 4.39 Å². The van der Waals surface area contributed by atoms with Gasteiger partial charge < -0.3 is 10.1 Å². The summed E-state index contributed by atoms with van der Waals surface area (Å²) in [5.41, 5.74) is 1.14. The lowest BCUT2D eigenvalue weighted by Crippen LogP contribution is -2.35. The minimum atomic E-state index is -0.211. The number of benzene rings is 1. The molecule has 112 valence electrons. The Morgan fingerprint density at radius 1 is 1.45 bits per heavy atom. The lowest BCUT2D eigenvalue weighted by atomic mass is 9.96. The van der Waals surface area contributed by atoms with E-state index in [2.05, 4.69) is 26.1 Å². The Bertz CT molecular complexity index is 458. The zero-order valence-corrected chi connectivity index (χ0v) is 13.0. The summed E-state index contributed by atoms with van der Waals surface area (Å²) < 4.78 is 19.3. The van der Waals surface area contributed by atoms with E-state index in [-0.39, 0.29) is 5.82 Å². The van der Waals surface area contributed by atoms with Crippen molar-refractivity contribution in [3.63, 3.8) is 0 Å². The molecule has 0 aliphatic heterocycles. The molecule has 2 unspecified atom stereocenters. The van der Waals surface area contributed by atoms with Gasteiger partial charge in [0, 0.05) is 6.04 Å². The summed E-state index contributed by atoms with van der Waals surface area (Å²) in [6.07, 6.45) is 3.06. The van der Waals surface area contributed by atoms with Crippen LogP contribution in [-0.2, 0) is 6.42 Å². The topological polar surface area (TPSA) is 21.3 Å². The highest BCUT2D eigenvalue weighted by Crippen LogP contribution is 2.54. The van der Waals surface area contributed by atoms with Crippen molar-refractivity contribution in [3.8, 4) is 5.75 Å². The molecule has 2 nitrogen and oxygen atoms in total. The maximum absolute atomic E-state index is 14.3. The third kappa shape index (κ3) is 3.32. The van der Waals surface area contributed by atoms with Crippen LogP contribution in [-0.4, -0.2) is 19.7 Å². The zero-order valence-electron chi connectivity index (χ0n) is 13.0. The van der Waals surface area contributed by atoms with E-state index in [1.54, 1.807) is 6.07 Å². The van der Waals surface area contributed by atoms with Gasteiger partial charge in [-0.3, -0.25) is 0 Å². The fraction of sp³-hybridized carbons (Fsp3) is 0.647. The number of rotatable bonds is 7. The normalized spacial score (nSPS) is 21.6. The number of methoxy groups -OCH3 is 1. The molecule has 0 bridgehead atoms. The van der Waals surface area contributed by atoms with Crippen LogP contribution in [0.3, 0.4) is 0 Å². The molecule has 0 heterocycles. The Labute approximate surface area is 121 Å². The van der Waals surface area contributed by atoms with Crippen LogP contribution >= 0.6 is 0 Å². The van der Waals surface area contributed by atoms with Gasteiger partial charge in [0.05, 0.1) is 7.11 Å². The van der Waals surface area contributed by atoms with Crippen molar-refractivity contribution in [2.45, 2.75) is 46.1 Å². The molecule has 1 aliphatic carbocycles. The fourth-order valence-corrected chi connectivity index (χ4v) is 2.99. The van der Waals surface area contributed by atoms with E-state index in [9.17, 15) is 4.39 Å². The minimum Gasteiger partial charge on any atom is -0.494 e. The first kappa shape index (κ1) is 15.3. The Hall–Kier alpha value is -1.09. The number of ether oxygens (including phenoxy) is 1. The lowest BCUT2D eigenvalue weighted by Gasteiger charge is -2.21. The quantitative estimate of drug-likeness (QED) is 0.820. The second-order valence-corrected chi connectivity index (χ2v) is 6.50. The molecule has 1 aliphatic rings. The first-order valence-electron chi connectivity index (χ1n) is 7.54. The Morgan fingerprint density at radius 3 is 2.70 bits per heavy atom. The minimum absolute atomic E-state index is 0.211. The molecule has 20 heavy (non-hydrogen) atoms. The molecule has 0 amide bonds. The van der Waals surface area contributed by atoms with Crippen molar-refractivity contribution in [1.29, 1.82) is 0 Å². The van der Waals surface area contributed by atoms with E-state index in [0.29, 0.717) is 23.1 Å². The van der Waals surface area contributed by atoms with Crippen molar-refractivity contribution in [2.75, 3.05) is 13.7 Å². The lowest BCUT2D eigenvalue weighted by molar-refractivity contribution is 0.374. The van der Waals surface area contributed by atoms with E-state index >= 15 is 0 Å². The first-order valence-corrected chi connectivity index (χ1v) is 7.54. The summed E-state index contributed by atoms with van der Waals surface area (Å²) >= 11 is 0. The monoisotopic (exact) mass is 279 g/mol. The molecule has 2 rings (SSSR count). The summed E-state index contributed by atoms with van der Waals surface area (Å²) in [6, 6.07) is 5.76. The van der Waals surface area contributed by atoms with Crippen LogP contribution in [0.1, 0.15) is 39.2 Å². The summed E-state index contributed by atoms with van der Waals surface area (Å²) in [5, 5.41) is 3.59. The molecule has 0 aromatic heterocycles. The largest absolute Gasteiger partial charge is 0.494 e. The highest BCUT2D eigenvalue weighted by Gasteiger charge is 2.49. The predicted molar refractivity (Wildman–Crippen MR) is 80.6 cm³/mol. The van der Waals surface area contributed by atoms with Crippen LogP contribution in [0.2, 0.25) is 0 Å². The molecular formula is C17H26FNO. The molecular weight excluding hydrogens is 253 g/mol. The molecule has 1 saturated carbocycles. The van der Waals surface area contributed by atoms with Crippen LogP contribution in [0.15, 0.2) is 18.2 Å². The molecule has 0 radical (unpaired) electrons. The molecule has 1 aromatic rings. The van der Waals surface area contributed by atoms with Gasteiger partial charge in [-0.2, -0.15) is 0 Å². The van der Waals surface area contributed by atoms with E-state index in [1.807, 2.05) is 12.1 Å². The van der Waals surface area contributed by atoms with Gasteiger partial charge in [-0.05, 0) is 48.8 Å². The fourth-order valence-electron chi connectivity index (χ4n) is 2.99. The second-order valence-electron chi connectivity index (χ2n) is 6.50. The van der Waals surface area contributed by atoms with Gasteiger partial charge in [0.25, 0.3) is 0 Å². The predicted octanol–water partition coefficient (Wildman–Crippen LogP) is 3.79. The van der Waals surface area contributed by atoms with Crippen molar-refractivity contribution < 1.29 is 9.13 Å². The van der Waals surface area contributed by atoms with Gasteiger partial charge in [-0.15, -0.1) is 0 Å². The Kier molecular flexibility index (Phi) is 4.69. The zero-order chi connectivity index (χ0) is 14.8. The van der Waals surface area contributed by atoms with Gasteiger partial charge in [0.2, 0.25) is 0 Å². The van der Waals surface area contributed by atoms with Gasteiger partial charge in [0.1, 0.15) is 0 Å². The number of nitrogens with one attached hydrogen (secondary N) is 1. The van der Waals surface area contributed by atoms with Gasteiger partial charge in [-0.25, -0.2) is 4.39 Å². The van der Waals surface area contributed by atoms with Crippen molar-refractivity contribution in [1.82, 2.24) is 5.32 Å². The molecule has 1 fully saturated rings. The van der Waals surface area contributed by atoms with E-state index in [0.717, 1.165) is 24.9 Å².